The fourth-order valence-corrected chi connectivity index (χ4v) is 2.03. The monoisotopic (exact) mass is 258 g/mol. The first-order valence-corrected chi connectivity index (χ1v) is 6.58. The van der Waals surface area contributed by atoms with Crippen LogP contribution in [-0.2, 0) is 6.54 Å². The molecule has 0 aliphatic rings. The minimum atomic E-state index is -0.268. The average Bonchev–Trinajstić information content (AvgIpc) is 2.69. The third kappa shape index (κ3) is 2.62. The SMILES string of the molecule is Cc1cc2ncn(CCC(C)(C)C(=N)N)c2cc1C. The van der Waals surface area contributed by atoms with Crippen molar-refractivity contribution in [2.45, 2.75) is 40.7 Å². The molecule has 4 nitrogen and oxygen atoms in total. The van der Waals surface area contributed by atoms with Gasteiger partial charge in [0.15, 0.2) is 0 Å². The number of amidine groups is 1. The molecule has 0 saturated heterocycles. The van der Waals surface area contributed by atoms with E-state index in [4.69, 9.17) is 11.1 Å². The number of rotatable bonds is 4. The Bertz CT molecular complexity index is 622. The molecule has 0 radical (unpaired) electrons. The minimum absolute atomic E-state index is 0.240. The summed E-state index contributed by atoms with van der Waals surface area (Å²) >= 11 is 0. The second kappa shape index (κ2) is 4.68. The summed E-state index contributed by atoms with van der Waals surface area (Å²) < 4.78 is 2.15. The van der Waals surface area contributed by atoms with Gasteiger partial charge in [0.2, 0.25) is 0 Å². The Morgan fingerprint density at radius 3 is 2.58 bits per heavy atom. The van der Waals surface area contributed by atoms with Crippen molar-refractivity contribution in [3.8, 4) is 0 Å². The van der Waals surface area contributed by atoms with Gasteiger partial charge in [-0.2, -0.15) is 0 Å². The number of nitrogens with zero attached hydrogens (tertiary/aromatic N) is 2. The summed E-state index contributed by atoms with van der Waals surface area (Å²) in [6, 6.07) is 4.30. The highest BCUT2D eigenvalue weighted by molar-refractivity contribution is 5.82. The lowest BCUT2D eigenvalue weighted by Crippen LogP contribution is -2.31. The van der Waals surface area contributed by atoms with Crippen LogP contribution in [0.5, 0.6) is 0 Å². The van der Waals surface area contributed by atoms with Gasteiger partial charge in [-0.25, -0.2) is 4.98 Å². The molecule has 19 heavy (non-hydrogen) atoms. The Balaban J connectivity index is 2.27. The van der Waals surface area contributed by atoms with Crippen LogP contribution in [0.2, 0.25) is 0 Å². The van der Waals surface area contributed by atoms with Crippen molar-refractivity contribution in [2.75, 3.05) is 0 Å². The van der Waals surface area contributed by atoms with Gasteiger partial charge in [0.25, 0.3) is 0 Å². The second-order valence-corrected chi connectivity index (χ2v) is 5.91. The van der Waals surface area contributed by atoms with Gasteiger partial charge in [0.05, 0.1) is 23.2 Å². The quantitative estimate of drug-likeness (QED) is 0.654. The number of aryl methyl sites for hydroxylation is 3. The lowest BCUT2D eigenvalue weighted by atomic mass is 9.88. The van der Waals surface area contributed by atoms with Crippen LogP contribution in [0.1, 0.15) is 31.4 Å². The second-order valence-electron chi connectivity index (χ2n) is 5.91. The Morgan fingerprint density at radius 1 is 1.32 bits per heavy atom. The fourth-order valence-electron chi connectivity index (χ4n) is 2.03. The molecule has 3 N–H and O–H groups in total. The van der Waals surface area contributed by atoms with Crippen molar-refractivity contribution in [1.82, 2.24) is 9.55 Å². The highest BCUT2D eigenvalue weighted by atomic mass is 15.0. The molecule has 0 atom stereocenters. The molecule has 1 heterocycles. The van der Waals surface area contributed by atoms with Crippen LogP contribution in [0.4, 0.5) is 0 Å². The normalized spacial score (nSPS) is 12.0. The van der Waals surface area contributed by atoms with E-state index in [1.54, 1.807) is 0 Å². The summed E-state index contributed by atoms with van der Waals surface area (Å²) in [6.45, 7) is 9.05. The maximum atomic E-state index is 7.60. The molecular weight excluding hydrogens is 236 g/mol. The highest BCUT2D eigenvalue weighted by Crippen LogP contribution is 2.23. The summed E-state index contributed by atoms with van der Waals surface area (Å²) in [5.74, 6) is 0.240. The maximum absolute atomic E-state index is 7.60. The van der Waals surface area contributed by atoms with Crippen molar-refractivity contribution < 1.29 is 0 Å². The van der Waals surface area contributed by atoms with E-state index in [0.717, 1.165) is 24.0 Å². The zero-order valence-electron chi connectivity index (χ0n) is 12.1. The van der Waals surface area contributed by atoms with Crippen molar-refractivity contribution in [2.24, 2.45) is 11.1 Å². The van der Waals surface area contributed by atoms with Crippen LogP contribution in [0.3, 0.4) is 0 Å². The van der Waals surface area contributed by atoms with Gasteiger partial charge in [0, 0.05) is 12.0 Å². The maximum Gasteiger partial charge on any atom is 0.0963 e. The van der Waals surface area contributed by atoms with E-state index in [9.17, 15) is 0 Å². The lowest BCUT2D eigenvalue weighted by molar-refractivity contribution is 0.431. The molecule has 0 unspecified atom stereocenters. The van der Waals surface area contributed by atoms with Crippen molar-refractivity contribution >= 4 is 16.9 Å². The van der Waals surface area contributed by atoms with E-state index in [1.165, 1.54) is 11.1 Å². The molecule has 0 spiro atoms. The standard InChI is InChI=1S/C15H22N4/c1-10-7-12-13(8-11(10)2)19(9-18-12)6-5-15(3,4)14(16)17/h7-9H,5-6H2,1-4H3,(H3,16,17). The Kier molecular flexibility index (Phi) is 3.35. The third-order valence-electron chi connectivity index (χ3n) is 3.94. The number of imidazole rings is 1. The summed E-state index contributed by atoms with van der Waals surface area (Å²) in [5, 5.41) is 7.60. The summed E-state index contributed by atoms with van der Waals surface area (Å²) in [5.41, 5.74) is 10.1. The Labute approximate surface area is 114 Å². The molecule has 0 bridgehead atoms. The summed E-state index contributed by atoms with van der Waals surface area (Å²) in [4.78, 5) is 4.44. The van der Waals surface area contributed by atoms with Crippen molar-refractivity contribution in [1.29, 1.82) is 5.41 Å². The molecule has 2 rings (SSSR count). The Hall–Kier alpha value is -1.84. The van der Waals surface area contributed by atoms with Gasteiger partial charge in [-0.05, 0) is 43.5 Å². The molecule has 4 heteroatoms. The summed E-state index contributed by atoms with van der Waals surface area (Å²) in [6.07, 6.45) is 2.71. The minimum Gasteiger partial charge on any atom is -0.387 e. The molecular formula is C15H22N4. The van der Waals surface area contributed by atoms with E-state index in [2.05, 4.69) is 35.5 Å². The smallest absolute Gasteiger partial charge is 0.0963 e. The largest absolute Gasteiger partial charge is 0.387 e. The van der Waals surface area contributed by atoms with E-state index in [0.29, 0.717) is 0 Å². The Morgan fingerprint density at radius 2 is 1.95 bits per heavy atom. The van der Waals surface area contributed by atoms with Gasteiger partial charge < -0.3 is 10.3 Å². The van der Waals surface area contributed by atoms with Crippen LogP contribution in [-0.4, -0.2) is 15.4 Å². The molecule has 0 aliphatic carbocycles. The lowest BCUT2D eigenvalue weighted by Gasteiger charge is -2.23. The summed E-state index contributed by atoms with van der Waals surface area (Å²) in [7, 11) is 0. The van der Waals surface area contributed by atoms with Crippen LogP contribution in [0.25, 0.3) is 11.0 Å². The highest BCUT2D eigenvalue weighted by Gasteiger charge is 2.21. The average molecular weight is 258 g/mol. The topological polar surface area (TPSA) is 67.7 Å². The predicted molar refractivity (Wildman–Crippen MR) is 79.5 cm³/mol. The number of benzene rings is 1. The van der Waals surface area contributed by atoms with Gasteiger partial charge in [-0.3, -0.25) is 5.41 Å². The molecule has 1 aromatic carbocycles. The van der Waals surface area contributed by atoms with Crippen LogP contribution in [0.15, 0.2) is 18.5 Å². The first kappa shape index (κ1) is 13.6. The molecule has 0 amide bonds. The molecule has 102 valence electrons. The number of aromatic nitrogens is 2. The molecule has 0 saturated carbocycles. The van der Waals surface area contributed by atoms with Gasteiger partial charge >= 0.3 is 0 Å². The number of nitrogens with two attached hydrogens (primary N) is 1. The van der Waals surface area contributed by atoms with Gasteiger partial charge in [-0.15, -0.1) is 0 Å². The molecule has 0 aliphatic heterocycles. The fraction of sp³-hybridized carbons (Fsp3) is 0.467. The van der Waals surface area contributed by atoms with E-state index >= 15 is 0 Å². The zero-order valence-corrected chi connectivity index (χ0v) is 12.1. The number of nitrogens with one attached hydrogen (secondary N) is 1. The first-order valence-electron chi connectivity index (χ1n) is 6.58. The number of hydrogen-bond acceptors (Lipinski definition) is 2. The van der Waals surface area contributed by atoms with Crippen molar-refractivity contribution in [3.63, 3.8) is 0 Å². The van der Waals surface area contributed by atoms with Crippen molar-refractivity contribution in [3.05, 3.63) is 29.6 Å². The van der Waals surface area contributed by atoms with E-state index < -0.39 is 0 Å². The first-order chi connectivity index (χ1) is 8.81. The van der Waals surface area contributed by atoms with Crippen LogP contribution >= 0.6 is 0 Å². The molecule has 1 aromatic heterocycles. The molecule has 2 aromatic rings. The van der Waals surface area contributed by atoms with E-state index in [-0.39, 0.29) is 11.3 Å². The number of hydrogen-bond donors (Lipinski definition) is 2. The molecule has 0 fully saturated rings. The predicted octanol–water partition coefficient (Wildman–Crippen LogP) is 3.01. The zero-order chi connectivity index (χ0) is 14.2. The van der Waals surface area contributed by atoms with Gasteiger partial charge in [-0.1, -0.05) is 13.8 Å². The van der Waals surface area contributed by atoms with Crippen LogP contribution in [0, 0.1) is 24.7 Å². The van der Waals surface area contributed by atoms with Gasteiger partial charge in [0.1, 0.15) is 0 Å². The van der Waals surface area contributed by atoms with Crippen LogP contribution < -0.4 is 5.73 Å². The van der Waals surface area contributed by atoms with E-state index in [1.807, 2.05) is 20.2 Å². The number of fused-ring (bicyclic) bond motifs is 1. The third-order valence-corrected chi connectivity index (χ3v) is 3.94.